The Hall–Kier alpha value is -1.75. The third-order valence-corrected chi connectivity index (χ3v) is 3.28. The van der Waals surface area contributed by atoms with Gasteiger partial charge in [0.1, 0.15) is 11.6 Å². The van der Waals surface area contributed by atoms with Crippen molar-refractivity contribution < 1.29 is 4.74 Å². The van der Waals surface area contributed by atoms with Gasteiger partial charge in [0.15, 0.2) is 0 Å². The maximum atomic E-state index is 5.18. The van der Waals surface area contributed by atoms with Crippen molar-refractivity contribution in [1.82, 2.24) is 14.8 Å². The van der Waals surface area contributed by atoms with Gasteiger partial charge in [-0.15, -0.1) is 22.6 Å². The van der Waals surface area contributed by atoms with Crippen molar-refractivity contribution in [3.8, 4) is 5.75 Å². The molecule has 0 aliphatic heterocycles. The van der Waals surface area contributed by atoms with E-state index in [9.17, 15) is 0 Å². The minimum Gasteiger partial charge on any atom is -0.497 e. The van der Waals surface area contributed by atoms with Crippen LogP contribution in [-0.2, 0) is 12.5 Å². The molecule has 0 aliphatic carbocycles. The van der Waals surface area contributed by atoms with Crippen molar-refractivity contribution in [3.63, 3.8) is 0 Å². The Kier molecular flexibility index (Phi) is 5.23. The van der Waals surface area contributed by atoms with Crippen molar-refractivity contribution in [2.75, 3.05) is 19.1 Å². The lowest BCUT2D eigenvalue weighted by Gasteiger charge is -2.21. The molecule has 1 heterocycles. The van der Waals surface area contributed by atoms with Crippen LogP contribution in [0.1, 0.15) is 26.6 Å². The van der Waals surface area contributed by atoms with Gasteiger partial charge in [-0.2, -0.15) is 0 Å². The van der Waals surface area contributed by atoms with Crippen LogP contribution in [0.25, 0.3) is 0 Å². The lowest BCUT2D eigenvalue weighted by atomic mass is 9.96. The fourth-order valence-electron chi connectivity index (χ4n) is 2.19. The minimum atomic E-state index is -0.0270. The van der Waals surface area contributed by atoms with Crippen LogP contribution in [0.3, 0.4) is 0 Å². The summed E-state index contributed by atoms with van der Waals surface area (Å²) in [5.41, 5.74) is 1.02. The maximum Gasteiger partial charge on any atom is 0.231 e. The van der Waals surface area contributed by atoms with Gasteiger partial charge in [0.25, 0.3) is 0 Å². The van der Waals surface area contributed by atoms with Gasteiger partial charge in [0.05, 0.1) is 7.11 Å². The summed E-state index contributed by atoms with van der Waals surface area (Å²) in [6, 6.07) is 7.88. The van der Waals surface area contributed by atoms with Crippen molar-refractivity contribution in [1.29, 1.82) is 0 Å². The summed E-state index contributed by atoms with van der Waals surface area (Å²) >= 11 is 0. The Balaban J connectivity index is 0.00000220. The Bertz CT molecular complexity index is 587. The minimum absolute atomic E-state index is 0. The molecule has 0 N–H and O–H groups in total. The molecule has 116 valence electrons. The highest BCUT2D eigenvalue weighted by molar-refractivity contribution is 5.85. The quantitative estimate of drug-likeness (QED) is 0.872. The fraction of sp³-hybridized carbons (Fsp3) is 0.467. The van der Waals surface area contributed by atoms with Gasteiger partial charge in [-0.25, -0.2) is 0 Å². The van der Waals surface area contributed by atoms with Gasteiger partial charge in [-0.05, 0) is 24.3 Å². The predicted molar refractivity (Wildman–Crippen MR) is 88.0 cm³/mol. The Morgan fingerprint density at radius 2 is 1.67 bits per heavy atom. The van der Waals surface area contributed by atoms with E-state index in [1.165, 1.54) is 0 Å². The maximum absolute atomic E-state index is 5.18. The summed E-state index contributed by atoms with van der Waals surface area (Å²) in [7, 11) is 5.64. The summed E-state index contributed by atoms with van der Waals surface area (Å²) < 4.78 is 7.21. The summed E-state index contributed by atoms with van der Waals surface area (Å²) in [5, 5.41) is 8.62. The first-order valence-corrected chi connectivity index (χ1v) is 6.62. The van der Waals surface area contributed by atoms with Crippen molar-refractivity contribution >= 4 is 24.0 Å². The number of halogens is 1. The summed E-state index contributed by atoms with van der Waals surface area (Å²) in [5.74, 6) is 2.63. The van der Waals surface area contributed by atoms with Gasteiger partial charge in [0, 0.05) is 25.2 Å². The van der Waals surface area contributed by atoms with Crippen LogP contribution in [0.5, 0.6) is 5.75 Å². The second kappa shape index (κ2) is 6.35. The second-order valence-corrected chi connectivity index (χ2v) is 5.89. The molecule has 1 aromatic heterocycles. The van der Waals surface area contributed by atoms with E-state index in [0.717, 1.165) is 23.2 Å². The summed E-state index contributed by atoms with van der Waals surface area (Å²) in [4.78, 5) is 2.02. The third kappa shape index (κ3) is 3.47. The SMILES string of the molecule is COc1ccc(N(C)c2nnc(C(C)(C)C)n2C)cc1.Cl. The average Bonchev–Trinajstić information content (AvgIpc) is 2.80. The first kappa shape index (κ1) is 17.3. The van der Waals surface area contributed by atoms with Gasteiger partial charge >= 0.3 is 0 Å². The molecule has 6 heteroatoms. The van der Waals surface area contributed by atoms with Gasteiger partial charge in [-0.3, -0.25) is 4.57 Å². The van der Waals surface area contributed by atoms with E-state index >= 15 is 0 Å². The highest BCUT2D eigenvalue weighted by Gasteiger charge is 2.23. The third-order valence-electron chi connectivity index (χ3n) is 3.28. The molecule has 21 heavy (non-hydrogen) atoms. The molecule has 2 rings (SSSR count). The van der Waals surface area contributed by atoms with E-state index in [1.54, 1.807) is 7.11 Å². The fourth-order valence-corrected chi connectivity index (χ4v) is 2.19. The smallest absolute Gasteiger partial charge is 0.231 e. The standard InChI is InChI=1S/C15H22N4O.ClH/c1-15(2,3)13-16-17-14(19(13)5)18(4)11-7-9-12(20-6)10-8-11;/h7-10H,1-6H3;1H. The normalized spacial score (nSPS) is 11.0. The topological polar surface area (TPSA) is 43.2 Å². The molecule has 0 aliphatic rings. The van der Waals surface area contributed by atoms with E-state index in [0.29, 0.717) is 0 Å². The van der Waals surface area contributed by atoms with Crippen molar-refractivity contribution in [2.45, 2.75) is 26.2 Å². The van der Waals surface area contributed by atoms with E-state index in [4.69, 9.17) is 4.74 Å². The Labute approximate surface area is 132 Å². The number of anilines is 2. The number of aromatic nitrogens is 3. The molecular formula is C15H23ClN4O. The molecule has 0 fully saturated rings. The highest BCUT2D eigenvalue weighted by atomic mass is 35.5. The molecular weight excluding hydrogens is 288 g/mol. The van der Waals surface area contributed by atoms with E-state index in [-0.39, 0.29) is 17.8 Å². The number of hydrogen-bond donors (Lipinski definition) is 0. The lowest BCUT2D eigenvalue weighted by Crippen LogP contribution is -2.20. The van der Waals surface area contributed by atoms with Crippen LogP contribution in [0.15, 0.2) is 24.3 Å². The second-order valence-electron chi connectivity index (χ2n) is 5.89. The van der Waals surface area contributed by atoms with Crippen LogP contribution >= 0.6 is 12.4 Å². The van der Waals surface area contributed by atoms with E-state index < -0.39 is 0 Å². The molecule has 0 spiro atoms. The largest absolute Gasteiger partial charge is 0.497 e. The predicted octanol–water partition coefficient (Wildman–Crippen LogP) is 3.31. The van der Waals surface area contributed by atoms with E-state index in [2.05, 4.69) is 31.0 Å². The van der Waals surface area contributed by atoms with Crippen molar-refractivity contribution in [2.24, 2.45) is 7.05 Å². The zero-order valence-corrected chi connectivity index (χ0v) is 14.2. The molecule has 0 saturated heterocycles. The number of methoxy groups -OCH3 is 1. The number of hydrogen-bond acceptors (Lipinski definition) is 4. The molecule has 1 aromatic carbocycles. The number of benzene rings is 1. The highest BCUT2D eigenvalue weighted by Crippen LogP contribution is 2.27. The van der Waals surface area contributed by atoms with Crippen molar-refractivity contribution in [3.05, 3.63) is 30.1 Å². The zero-order valence-electron chi connectivity index (χ0n) is 13.4. The van der Waals surface area contributed by atoms with Gasteiger partial charge < -0.3 is 9.64 Å². The molecule has 0 saturated carbocycles. The number of ether oxygens (including phenoxy) is 1. The average molecular weight is 311 g/mol. The Morgan fingerprint density at radius 1 is 1.10 bits per heavy atom. The molecule has 5 nitrogen and oxygen atoms in total. The molecule has 0 atom stereocenters. The van der Waals surface area contributed by atoms with Crippen LogP contribution < -0.4 is 9.64 Å². The number of rotatable bonds is 3. The number of nitrogens with zero attached hydrogens (tertiary/aromatic N) is 4. The molecule has 2 aromatic rings. The molecule has 0 amide bonds. The molecule has 0 unspecified atom stereocenters. The summed E-state index contributed by atoms with van der Waals surface area (Å²) in [6.07, 6.45) is 0. The Morgan fingerprint density at radius 3 is 2.10 bits per heavy atom. The van der Waals surface area contributed by atoms with Crippen LogP contribution in [0.2, 0.25) is 0 Å². The monoisotopic (exact) mass is 310 g/mol. The molecule has 0 radical (unpaired) electrons. The summed E-state index contributed by atoms with van der Waals surface area (Å²) in [6.45, 7) is 6.40. The van der Waals surface area contributed by atoms with Gasteiger partial charge in [0.2, 0.25) is 5.95 Å². The molecule has 0 bridgehead atoms. The van der Waals surface area contributed by atoms with Crippen LogP contribution in [0, 0.1) is 0 Å². The van der Waals surface area contributed by atoms with Crippen LogP contribution in [-0.4, -0.2) is 28.9 Å². The van der Waals surface area contributed by atoms with Gasteiger partial charge in [-0.1, -0.05) is 20.8 Å². The lowest BCUT2D eigenvalue weighted by molar-refractivity contribution is 0.415. The first-order chi connectivity index (χ1) is 9.34. The zero-order chi connectivity index (χ0) is 14.9. The first-order valence-electron chi connectivity index (χ1n) is 6.62. The van der Waals surface area contributed by atoms with Crippen LogP contribution in [0.4, 0.5) is 11.6 Å². The van der Waals surface area contributed by atoms with E-state index in [1.807, 2.05) is 47.8 Å².